The normalized spacial score (nSPS) is 18.1. The molecule has 1 unspecified atom stereocenters. The number of nitrogens with zero attached hydrogens (tertiary/aromatic N) is 1. The lowest BCUT2D eigenvalue weighted by Crippen LogP contribution is -2.34. The van der Waals surface area contributed by atoms with Gasteiger partial charge in [0.1, 0.15) is 6.79 Å². The maximum atomic E-state index is 13.6. The molecule has 1 aliphatic carbocycles. The number of unbranched alkanes of at least 4 members (excludes halogenated alkanes) is 1. The van der Waals surface area contributed by atoms with Crippen LogP contribution in [0.3, 0.4) is 0 Å². The predicted molar refractivity (Wildman–Crippen MR) is 212 cm³/mol. The second-order valence-corrected chi connectivity index (χ2v) is 13.6. The zero-order chi connectivity index (χ0) is 36.7. The van der Waals surface area contributed by atoms with Crippen LogP contribution in [0.5, 0.6) is 0 Å². The molecule has 1 atom stereocenters. The lowest BCUT2D eigenvalue weighted by molar-refractivity contribution is -0.118. The molecule has 8 heteroatoms. The average Bonchev–Trinajstić information content (AvgIpc) is 3.26. The van der Waals surface area contributed by atoms with Crippen molar-refractivity contribution < 1.29 is 19.4 Å². The number of piperidine rings is 1. The summed E-state index contributed by atoms with van der Waals surface area (Å²) in [6.45, 7) is 24.8. The van der Waals surface area contributed by atoms with Crippen LogP contribution in [0, 0.1) is 5.41 Å². The lowest BCUT2D eigenvalue weighted by atomic mass is 9.73. The summed E-state index contributed by atoms with van der Waals surface area (Å²) in [4.78, 5) is 23.9. The van der Waals surface area contributed by atoms with E-state index < -0.39 is 0 Å². The number of hydrogen-bond acceptors (Lipinski definition) is 8. The first-order chi connectivity index (χ1) is 23.6. The SMILES string of the molecule is C.C1CCNCC1.C=CC1=C(/C=C/COCCN(C)CCCC)NC2=C(C(=O)CC(C)(C)C2)C(c2ccc(CC)cc2CC)N1.C=O.CCO. The van der Waals surface area contributed by atoms with Gasteiger partial charge in [0.15, 0.2) is 5.78 Å². The van der Waals surface area contributed by atoms with E-state index in [2.05, 4.69) is 93.4 Å². The van der Waals surface area contributed by atoms with Gasteiger partial charge in [-0.3, -0.25) is 4.79 Å². The van der Waals surface area contributed by atoms with Crippen LogP contribution in [0.15, 0.2) is 65.7 Å². The van der Waals surface area contributed by atoms with Crippen LogP contribution in [-0.2, 0) is 27.2 Å². The standard InChI is InChI=1S/C33H49N3O2.C5H11N.C2H6O.CH2O.CH4/c1-8-12-17-36(7)18-20-38-19-13-14-28-27(11-4)35-32(26-16-15-24(9-2)21-25(26)10-3)31-29(34-28)22-33(5,6)23-30(31)37;1-2-4-6-5-3-1;1-2-3;1-2;/h11,13-16,21,32,34-35H,4,8-10,12,17-20,22-23H2,1-3,5-7H3;6H,1-5H2;3H,2H2,1H3;1H2;1H4/b14-13+;;;;. The summed E-state index contributed by atoms with van der Waals surface area (Å²) in [5.41, 5.74) is 7.38. The number of ether oxygens (including phenoxy) is 1. The molecule has 50 heavy (non-hydrogen) atoms. The number of likely N-dealkylation sites (N-methyl/N-ethyl adjacent to an activating group) is 1. The van der Waals surface area contributed by atoms with E-state index in [1.807, 2.05) is 18.9 Å². The third kappa shape index (κ3) is 16.3. The molecule has 3 aliphatic rings. The van der Waals surface area contributed by atoms with Crippen LogP contribution in [0.1, 0.15) is 117 Å². The number of aliphatic hydroxyl groups excluding tert-OH is 1. The molecule has 0 spiro atoms. The van der Waals surface area contributed by atoms with Gasteiger partial charge in [-0.2, -0.15) is 0 Å². The van der Waals surface area contributed by atoms with Crippen molar-refractivity contribution in [3.05, 3.63) is 82.4 Å². The first-order valence-corrected chi connectivity index (χ1v) is 18.5. The molecule has 8 nitrogen and oxygen atoms in total. The van der Waals surface area contributed by atoms with Gasteiger partial charge in [0, 0.05) is 30.8 Å². The largest absolute Gasteiger partial charge is 0.397 e. The van der Waals surface area contributed by atoms with Crippen molar-refractivity contribution in [2.75, 3.05) is 53.0 Å². The summed E-state index contributed by atoms with van der Waals surface area (Å²) in [5, 5.41) is 18.2. The number of hydrogen-bond donors (Lipinski definition) is 4. The second kappa shape index (κ2) is 26.7. The van der Waals surface area contributed by atoms with Crippen LogP contribution < -0.4 is 16.0 Å². The van der Waals surface area contributed by atoms with Gasteiger partial charge in [-0.05, 0) is 106 Å². The second-order valence-electron chi connectivity index (χ2n) is 13.6. The molecule has 1 aromatic carbocycles. The number of aryl methyl sites for hydroxylation is 2. The van der Waals surface area contributed by atoms with Crippen molar-refractivity contribution in [1.82, 2.24) is 20.9 Å². The van der Waals surface area contributed by atoms with E-state index in [1.165, 1.54) is 61.9 Å². The Morgan fingerprint density at radius 1 is 1.02 bits per heavy atom. The van der Waals surface area contributed by atoms with Gasteiger partial charge in [0.2, 0.25) is 0 Å². The van der Waals surface area contributed by atoms with Crippen molar-refractivity contribution >= 4 is 12.6 Å². The van der Waals surface area contributed by atoms with Crippen molar-refractivity contribution in [3.8, 4) is 0 Å². The molecule has 1 saturated heterocycles. The van der Waals surface area contributed by atoms with Crippen molar-refractivity contribution in [1.29, 1.82) is 0 Å². The van der Waals surface area contributed by atoms with Gasteiger partial charge in [-0.1, -0.05) is 85.7 Å². The Hall–Kier alpha value is -3.04. The van der Waals surface area contributed by atoms with Crippen LogP contribution in [0.2, 0.25) is 0 Å². The topological polar surface area (TPSA) is 103 Å². The molecule has 0 amide bonds. The van der Waals surface area contributed by atoms with Crippen LogP contribution in [0.4, 0.5) is 0 Å². The fourth-order valence-electron chi connectivity index (χ4n) is 6.20. The Morgan fingerprint density at radius 2 is 1.70 bits per heavy atom. The van der Waals surface area contributed by atoms with E-state index in [4.69, 9.17) is 14.6 Å². The third-order valence-corrected chi connectivity index (χ3v) is 8.81. The van der Waals surface area contributed by atoms with E-state index in [-0.39, 0.29) is 31.3 Å². The third-order valence-electron chi connectivity index (χ3n) is 8.81. The van der Waals surface area contributed by atoms with E-state index in [9.17, 15) is 4.79 Å². The summed E-state index contributed by atoms with van der Waals surface area (Å²) >= 11 is 0. The van der Waals surface area contributed by atoms with E-state index in [1.54, 1.807) is 6.92 Å². The van der Waals surface area contributed by atoms with Crippen molar-refractivity contribution in [3.63, 3.8) is 0 Å². The lowest BCUT2D eigenvalue weighted by Gasteiger charge is -2.35. The fourth-order valence-corrected chi connectivity index (χ4v) is 6.20. The Morgan fingerprint density at radius 3 is 2.24 bits per heavy atom. The molecule has 4 rings (SSSR count). The van der Waals surface area contributed by atoms with Gasteiger partial charge in [0.25, 0.3) is 0 Å². The maximum absolute atomic E-state index is 13.6. The molecule has 2 aliphatic heterocycles. The molecule has 284 valence electrons. The Balaban J connectivity index is 0.00000173. The zero-order valence-electron chi connectivity index (χ0n) is 31.9. The molecule has 0 saturated carbocycles. The summed E-state index contributed by atoms with van der Waals surface area (Å²) < 4.78 is 5.88. The van der Waals surface area contributed by atoms with Crippen LogP contribution in [0.25, 0.3) is 0 Å². The monoisotopic (exact) mass is 697 g/mol. The minimum Gasteiger partial charge on any atom is -0.397 e. The number of rotatable bonds is 13. The van der Waals surface area contributed by atoms with Crippen molar-refractivity contribution in [2.24, 2.45) is 5.41 Å². The van der Waals surface area contributed by atoms with E-state index >= 15 is 0 Å². The summed E-state index contributed by atoms with van der Waals surface area (Å²) in [6, 6.07) is 6.49. The Labute approximate surface area is 305 Å². The highest BCUT2D eigenvalue weighted by Gasteiger charge is 2.39. The number of aliphatic hydroxyl groups is 1. The van der Waals surface area contributed by atoms with Gasteiger partial charge in [-0.25, -0.2) is 0 Å². The summed E-state index contributed by atoms with van der Waals surface area (Å²) in [5.74, 6) is 0.215. The van der Waals surface area contributed by atoms with Gasteiger partial charge >= 0.3 is 0 Å². The maximum Gasteiger partial charge on any atom is 0.163 e. The zero-order valence-corrected chi connectivity index (χ0v) is 31.9. The van der Waals surface area contributed by atoms with E-state index in [0.717, 1.165) is 55.0 Å². The molecular weight excluding hydrogens is 624 g/mol. The molecule has 1 fully saturated rings. The number of carbonyl (C=O) groups excluding carboxylic acids is 2. The number of Topliss-reactive ketones (excluding diaryl/α,β-unsaturated/α-hetero) is 1. The molecule has 2 heterocycles. The fraction of sp³-hybridized carbons (Fsp3) is 0.619. The number of carbonyl (C=O) groups is 2. The van der Waals surface area contributed by atoms with Crippen LogP contribution in [-0.4, -0.2) is 75.6 Å². The quantitative estimate of drug-likeness (QED) is 0.157. The molecule has 0 bridgehead atoms. The summed E-state index contributed by atoms with van der Waals surface area (Å²) in [7, 11) is 2.14. The molecule has 0 radical (unpaired) electrons. The minimum absolute atomic E-state index is 0. The van der Waals surface area contributed by atoms with Crippen LogP contribution >= 0.6 is 0 Å². The first-order valence-electron chi connectivity index (χ1n) is 18.5. The van der Waals surface area contributed by atoms with Gasteiger partial charge in [0.05, 0.1) is 30.6 Å². The number of ketones is 1. The predicted octanol–water partition coefficient (Wildman–Crippen LogP) is 7.60. The van der Waals surface area contributed by atoms with Crippen molar-refractivity contribution in [2.45, 2.75) is 113 Å². The number of benzene rings is 1. The average molecular weight is 697 g/mol. The molecule has 1 aromatic rings. The Bertz CT molecular complexity index is 1200. The highest BCUT2D eigenvalue weighted by molar-refractivity contribution is 5.99. The Kier molecular flexibility index (Phi) is 25.1. The first kappa shape index (κ1) is 47.0. The van der Waals surface area contributed by atoms with Gasteiger partial charge < -0.3 is 35.5 Å². The molecule has 0 aromatic heterocycles. The highest BCUT2D eigenvalue weighted by atomic mass is 16.5. The highest BCUT2D eigenvalue weighted by Crippen LogP contribution is 2.42. The minimum atomic E-state index is -0.212. The van der Waals surface area contributed by atoms with Gasteiger partial charge in [-0.15, -0.1) is 0 Å². The van der Waals surface area contributed by atoms with E-state index in [0.29, 0.717) is 19.6 Å². The molecule has 4 N–H and O–H groups in total. The number of nitrogens with one attached hydrogen (secondary N) is 3. The molecular formula is C42H72N4O4. The smallest absolute Gasteiger partial charge is 0.163 e. The summed E-state index contributed by atoms with van der Waals surface area (Å²) in [6.07, 6.45) is 15.9. The number of allylic oxidation sites excluding steroid dienone is 3.